The molecule has 2 heterocycles. The number of rotatable bonds is 4. The van der Waals surface area contributed by atoms with Crippen molar-refractivity contribution in [2.75, 3.05) is 5.43 Å². The lowest BCUT2D eigenvalue weighted by Crippen LogP contribution is -2.09. The zero-order chi connectivity index (χ0) is 13.8. The molecule has 0 aliphatic rings. The molecule has 0 radical (unpaired) electrons. The van der Waals surface area contributed by atoms with Crippen LogP contribution in [0.3, 0.4) is 0 Å². The number of nitrogens with zero attached hydrogens (tertiary/aromatic N) is 3. The lowest BCUT2D eigenvalue weighted by molar-refractivity contribution is -0.384. The summed E-state index contributed by atoms with van der Waals surface area (Å²) in [5.74, 6) is 5.76. The Kier molecular flexibility index (Phi) is 3.88. The summed E-state index contributed by atoms with van der Waals surface area (Å²) in [5.41, 5.74) is 2.06. The highest BCUT2D eigenvalue weighted by molar-refractivity contribution is 9.10. The number of nitrogens with two attached hydrogens (primary N) is 1. The Balaban J connectivity index is 2.34. The molecule has 0 aliphatic carbocycles. The van der Waals surface area contributed by atoms with E-state index in [4.69, 9.17) is 10.6 Å². The van der Waals surface area contributed by atoms with E-state index in [1.54, 1.807) is 12.3 Å². The Hall–Kier alpha value is -2.26. The van der Waals surface area contributed by atoms with Crippen molar-refractivity contribution >= 4 is 27.4 Å². The van der Waals surface area contributed by atoms with Crippen molar-refractivity contribution in [1.82, 2.24) is 9.97 Å². The molecule has 2 aromatic heterocycles. The fourth-order valence-corrected chi connectivity index (χ4v) is 1.64. The molecule has 3 N–H and O–H groups in total. The Morgan fingerprint density at radius 3 is 2.79 bits per heavy atom. The van der Waals surface area contributed by atoms with E-state index in [1.165, 1.54) is 18.3 Å². The van der Waals surface area contributed by atoms with Gasteiger partial charge in [0.15, 0.2) is 5.82 Å². The van der Waals surface area contributed by atoms with Gasteiger partial charge >= 0.3 is 0 Å². The normalized spacial score (nSPS) is 10.0. The summed E-state index contributed by atoms with van der Waals surface area (Å²) in [6.07, 6.45) is 3.04. The molecular formula is C10H8BrN5O3. The maximum Gasteiger partial charge on any atom is 0.278 e. The standard InChI is InChI=1S/C10H8BrN5O3/c11-6-1-8(5-13-4-6)19-10-3-7(16(17)18)2-9(14-10)15-12/h1-5H,12H2,(H,14,15). The van der Waals surface area contributed by atoms with Crippen LogP contribution in [0.1, 0.15) is 0 Å². The highest BCUT2D eigenvalue weighted by Gasteiger charge is 2.12. The number of halogens is 1. The number of aromatic nitrogens is 2. The first-order valence-electron chi connectivity index (χ1n) is 5.00. The molecule has 0 spiro atoms. The fraction of sp³-hybridized carbons (Fsp3) is 0. The third kappa shape index (κ3) is 3.36. The first kappa shape index (κ1) is 13.2. The molecule has 0 fully saturated rings. The van der Waals surface area contributed by atoms with Crippen molar-refractivity contribution < 1.29 is 9.66 Å². The quantitative estimate of drug-likeness (QED) is 0.502. The van der Waals surface area contributed by atoms with Gasteiger partial charge in [-0.05, 0) is 22.0 Å². The first-order chi connectivity index (χ1) is 9.08. The minimum Gasteiger partial charge on any atom is -0.437 e. The van der Waals surface area contributed by atoms with Gasteiger partial charge in [0.2, 0.25) is 5.88 Å². The number of hydrazine groups is 1. The maximum atomic E-state index is 10.8. The fourth-order valence-electron chi connectivity index (χ4n) is 1.29. The predicted molar refractivity (Wildman–Crippen MR) is 70.7 cm³/mol. The van der Waals surface area contributed by atoms with Crippen LogP contribution in [-0.4, -0.2) is 14.9 Å². The summed E-state index contributed by atoms with van der Waals surface area (Å²) < 4.78 is 6.10. The molecule has 9 heteroatoms. The third-order valence-electron chi connectivity index (χ3n) is 2.05. The number of pyridine rings is 2. The first-order valence-corrected chi connectivity index (χ1v) is 5.79. The smallest absolute Gasteiger partial charge is 0.278 e. The highest BCUT2D eigenvalue weighted by atomic mass is 79.9. The third-order valence-corrected chi connectivity index (χ3v) is 2.48. The average molecular weight is 326 g/mol. The number of hydrogen-bond acceptors (Lipinski definition) is 7. The molecule has 0 saturated heterocycles. The van der Waals surface area contributed by atoms with Crippen LogP contribution in [0.25, 0.3) is 0 Å². The topological polar surface area (TPSA) is 116 Å². The van der Waals surface area contributed by atoms with Crippen LogP contribution in [-0.2, 0) is 0 Å². The van der Waals surface area contributed by atoms with Crippen molar-refractivity contribution in [1.29, 1.82) is 0 Å². The Morgan fingerprint density at radius 1 is 1.37 bits per heavy atom. The summed E-state index contributed by atoms with van der Waals surface area (Å²) in [5, 5.41) is 10.8. The number of hydrogen-bond donors (Lipinski definition) is 2. The van der Waals surface area contributed by atoms with Gasteiger partial charge in [0.1, 0.15) is 5.75 Å². The maximum absolute atomic E-state index is 10.8. The highest BCUT2D eigenvalue weighted by Crippen LogP contribution is 2.26. The van der Waals surface area contributed by atoms with E-state index in [9.17, 15) is 10.1 Å². The zero-order valence-electron chi connectivity index (χ0n) is 9.41. The molecule has 0 aliphatic heterocycles. The Morgan fingerprint density at radius 2 is 2.16 bits per heavy atom. The summed E-state index contributed by atoms with van der Waals surface area (Å²) in [6, 6.07) is 4.05. The van der Waals surface area contributed by atoms with Gasteiger partial charge in [-0.15, -0.1) is 0 Å². The number of anilines is 1. The van der Waals surface area contributed by atoms with Crippen LogP contribution in [0.5, 0.6) is 11.6 Å². The van der Waals surface area contributed by atoms with Gasteiger partial charge in [-0.2, -0.15) is 4.98 Å². The average Bonchev–Trinajstić information content (AvgIpc) is 2.38. The second-order valence-corrected chi connectivity index (χ2v) is 4.31. The summed E-state index contributed by atoms with van der Waals surface area (Å²) in [6.45, 7) is 0. The summed E-state index contributed by atoms with van der Waals surface area (Å²) in [4.78, 5) is 18.1. The number of nitrogens with one attached hydrogen (secondary N) is 1. The largest absolute Gasteiger partial charge is 0.437 e. The van der Waals surface area contributed by atoms with Crippen LogP contribution in [0.2, 0.25) is 0 Å². The van der Waals surface area contributed by atoms with Crippen LogP contribution < -0.4 is 16.0 Å². The van der Waals surface area contributed by atoms with E-state index < -0.39 is 4.92 Å². The van der Waals surface area contributed by atoms with Gasteiger partial charge in [-0.1, -0.05) is 0 Å². The van der Waals surface area contributed by atoms with Crippen molar-refractivity contribution in [2.24, 2.45) is 5.84 Å². The van der Waals surface area contributed by atoms with Crippen LogP contribution in [0.4, 0.5) is 11.5 Å². The van der Waals surface area contributed by atoms with E-state index in [0.29, 0.717) is 10.2 Å². The van der Waals surface area contributed by atoms with Gasteiger partial charge in [0.25, 0.3) is 5.69 Å². The molecule has 0 unspecified atom stereocenters. The van der Waals surface area contributed by atoms with Gasteiger partial charge in [0, 0.05) is 10.7 Å². The summed E-state index contributed by atoms with van der Waals surface area (Å²) >= 11 is 3.24. The van der Waals surface area contributed by atoms with Gasteiger partial charge in [-0.25, -0.2) is 5.84 Å². The molecule has 0 atom stereocenters. The van der Waals surface area contributed by atoms with E-state index in [1.807, 2.05) is 0 Å². The summed E-state index contributed by atoms with van der Waals surface area (Å²) in [7, 11) is 0. The SMILES string of the molecule is NNc1cc([N+](=O)[O-])cc(Oc2cncc(Br)c2)n1. The molecule has 2 aromatic rings. The second-order valence-electron chi connectivity index (χ2n) is 3.39. The van der Waals surface area contributed by atoms with Crippen LogP contribution in [0.15, 0.2) is 35.1 Å². The minimum atomic E-state index is -0.561. The van der Waals surface area contributed by atoms with Gasteiger partial charge < -0.3 is 10.2 Å². The number of nitro groups is 1. The van der Waals surface area contributed by atoms with Crippen LogP contribution >= 0.6 is 15.9 Å². The van der Waals surface area contributed by atoms with Crippen molar-refractivity contribution in [3.05, 3.63) is 45.2 Å². The minimum absolute atomic E-state index is 0.0436. The second kappa shape index (κ2) is 5.59. The molecule has 98 valence electrons. The number of ether oxygens (including phenoxy) is 1. The molecule has 8 nitrogen and oxygen atoms in total. The molecule has 0 aromatic carbocycles. The van der Waals surface area contributed by atoms with E-state index >= 15 is 0 Å². The monoisotopic (exact) mass is 325 g/mol. The van der Waals surface area contributed by atoms with Gasteiger partial charge in [0.05, 0.1) is 23.3 Å². The Labute approximate surface area is 115 Å². The predicted octanol–water partition coefficient (Wildman–Crippen LogP) is 2.23. The van der Waals surface area contributed by atoms with Crippen LogP contribution in [0, 0.1) is 10.1 Å². The van der Waals surface area contributed by atoms with Crippen molar-refractivity contribution in [3.63, 3.8) is 0 Å². The molecular weight excluding hydrogens is 318 g/mol. The number of nitrogen functional groups attached to an aromatic ring is 1. The zero-order valence-corrected chi connectivity index (χ0v) is 11.0. The van der Waals surface area contributed by atoms with E-state index in [0.717, 1.165) is 0 Å². The lowest BCUT2D eigenvalue weighted by atomic mass is 10.4. The molecule has 2 rings (SSSR count). The molecule has 0 amide bonds. The molecule has 0 saturated carbocycles. The lowest BCUT2D eigenvalue weighted by Gasteiger charge is -2.06. The molecule has 0 bridgehead atoms. The van der Waals surface area contributed by atoms with Crippen molar-refractivity contribution in [2.45, 2.75) is 0 Å². The van der Waals surface area contributed by atoms with Gasteiger partial charge in [-0.3, -0.25) is 15.1 Å². The Bertz CT molecular complexity index is 622. The molecule has 19 heavy (non-hydrogen) atoms. The van der Waals surface area contributed by atoms with E-state index in [2.05, 4.69) is 31.3 Å². The van der Waals surface area contributed by atoms with E-state index in [-0.39, 0.29) is 17.4 Å². The van der Waals surface area contributed by atoms with Crippen molar-refractivity contribution in [3.8, 4) is 11.6 Å².